The Morgan fingerprint density at radius 2 is 2.05 bits per heavy atom. The molecular weight excluding hydrogens is 246 g/mol. The summed E-state index contributed by atoms with van der Waals surface area (Å²) in [6.07, 6.45) is 4.94. The molecule has 3 atom stereocenters. The molecule has 2 fully saturated rings. The Kier molecular flexibility index (Phi) is 2.80. The standard InChI is InChI=1S/C13H17N3O3/c1-7-6-16(13(19)15-12(7)18)10-3-2-8-4-9(10)14-11(17)5-8/h6,8-10H,2-5H2,1H3,(H,14,17)(H,15,18,19). The molecule has 2 N–H and O–H groups in total. The van der Waals surface area contributed by atoms with Crippen LogP contribution in [0.1, 0.15) is 37.3 Å². The highest BCUT2D eigenvalue weighted by Crippen LogP contribution is 2.36. The van der Waals surface area contributed by atoms with Gasteiger partial charge in [-0.15, -0.1) is 0 Å². The lowest BCUT2D eigenvalue weighted by Crippen LogP contribution is -2.52. The van der Waals surface area contributed by atoms with Gasteiger partial charge >= 0.3 is 5.69 Å². The summed E-state index contributed by atoms with van der Waals surface area (Å²) in [5, 5.41) is 2.97. The second-order valence-corrected chi connectivity index (χ2v) is 5.60. The second kappa shape index (κ2) is 4.36. The van der Waals surface area contributed by atoms with E-state index in [2.05, 4.69) is 10.3 Å². The third-order valence-electron chi connectivity index (χ3n) is 4.25. The van der Waals surface area contributed by atoms with Crippen LogP contribution in [0.5, 0.6) is 0 Å². The van der Waals surface area contributed by atoms with Gasteiger partial charge in [0.05, 0.1) is 6.04 Å². The van der Waals surface area contributed by atoms with Crippen LogP contribution in [0, 0.1) is 12.8 Å². The highest BCUT2D eigenvalue weighted by atomic mass is 16.2. The molecular formula is C13H17N3O3. The number of nitrogens with zero attached hydrogens (tertiary/aromatic N) is 1. The number of nitrogens with one attached hydrogen (secondary N) is 2. The fraction of sp³-hybridized carbons (Fsp3) is 0.615. The maximum absolute atomic E-state index is 11.9. The molecule has 1 aromatic rings. The number of hydrogen-bond acceptors (Lipinski definition) is 3. The monoisotopic (exact) mass is 263 g/mol. The molecule has 1 saturated carbocycles. The lowest BCUT2D eigenvalue weighted by Gasteiger charge is -2.40. The summed E-state index contributed by atoms with van der Waals surface area (Å²) >= 11 is 0. The average Bonchev–Trinajstić information content (AvgIpc) is 2.34. The number of fused-ring (bicyclic) bond motifs is 2. The quantitative estimate of drug-likeness (QED) is 0.752. The van der Waals surface area contributed by atoms with E-state index in [0.29, 0.717) is 17.9 Å². The Morgan fingerprint density at radius 3 is 2.84 bits per heavy atom. The van der Waals surface area contributed by atoms with Crippen molar-refractivity contribution in [2.45, 2.75) is 44.7 Å². The average molecular weight is 263 g/mol. The SMILES string of the molecule is Cc1cn(C2CCC3CC(=O)NC2C3)c(=O)[nH]c1=O. The van der Waals surface area contributed by atoms with E-state index in [0.717, 1.165) is 19.3 Å². The van der Waals surface area contributed by atoms with Crippen molar-refractivity contribution in [1.29, 1.82) is 0 Å². The molecule has 3 unspecified atom stereocenters. The van der Waals surface area contributed by atoms with Gasteiger partial charge in [-0.1, -0.05) is 0 Å². The van der Waals surface area contributed by atoms with Crippen LogP contribution < -0.4 is 16.6 Å². The fourth-order valence-electron chi connectivity index (χ4n) is 3.28. The van der Waals surface area contributed by atoms with Crippen LogP contribution in [0.2, 0.25) is 0 Å². The molecule has 2 heterocycles. The predicted octanol–water partition coefficient (Wildman–Crippen LogP) is 0.0747. The number of amides is 1. The molecule has 1 saturated heterocycles. The minimum atomic E-state index is -0.390. The minimum absolute atomic E-state index is 0.00278. The molecule has 2 bridgehead atoms. The lowest BCUT2D eigenvalue weighted by atomic mass is 9.77. The number of rotatable bonds is 1. The number of aryl methyl sites for hydroxylation is 1. The molecule has 3 rings (SSSR count). The van der Waals surface area contributed by atoms with E-state index < -0.39 is 0 Å². The number of H-pyrrole nitrogens is 1. The van der Waals surface area contributed by atoms with Crippen LogP contribution in [-0.4, -0.2) is 21.5 Å². The van der Waals surface area contributed by atoms with E-state index in [9.17, 15) is 14.4 Å². The molecule has 0 radical (unpaired) electrons. The summed E-state index contributed by atoms with van der Waals surface area (Å²) in [5.41, 5.74) is -0.217. The maximum Gasteiger partial charge on any atom is 0.328 e. The van der Waals surface area contributed by atoms with Gasteiger partial charge in [0.2, 0.25) is 5.91 Å². The van der Waals surface area contributed by atoms with Gasteiger partial charge in [0, 0.05) is 24.2 Å². The van der Waals surface area contributed by atoms with Crippen LogP contribution in [0.15, 0.2) is 15.8 Å². The van der Waals surface area contributed by atoms with Gasteiger partial charge in [-0.2, -0.15) is 0 Å². The van der Waals surface area contributed by atoms with Crippen LogP contribution in [0.25, 0.3) is 0 Å². The number of carbonyl (C=O) groups is 1. The summed E-state index contributed by atoms with van der Waals surface area (Å²) in [4.78, 5) is 37.3. The summed E-state index contributed by atoms with van der Waals surface area (Å²) in [6, 6.07) is -0.0495. The third kappa shape index (κ3) is 2.11. The van der Waals surface area contributed by atoms with E-state index in [1.165, 1.54) is 0 Å². The first kappa shape index (κ1) is 12.2. The van der Waals surface area contributed by atoms with Crippen molar-refractivity contribution in [3.63, 3.8) is 0 Å². The van der Waals surface area contributed by atoms with Crippen LogP contribution >= 0.6 is 0 Å². The first-order valence-electron chi connectivity index (χ1n) is 6.66. The van der Waals surface area contributed by atoms with E-state index >= 15 is 0 Å². The van der Waals surface area contributed by atoms with Crippen LogP contribution in [0.4, 0.5) is 0 Å². The predicted molar refractivity (Wildman–Crippen MR) is 69.0 cm³/mol. The molecule has 0 spiro atoms. The maximum atomic E-state index is 11.9. The van der Waals surface area contributed by atoms with Gasteiger partial charge in [0.1, 0.15) is 0 Å². The van der Waals surface area contributed by atoms with E-state index in [4.69, 9.17) is 0 Å². The zero-order chi connectivity index (χ0) is 13.6. The Hall–Kier alpha value is -1.85. The van der Waals surface area contributed by atoms with Crippen molar-refractivity contribution >= 4 is 5.91 Å². The first-order valence-corrected chi connectivity index (χ1v) is 6.66. The number of hydrogen-bond donors (Lipinski definition) is 2. The molecule has 1 aliphatic carbocycles. The highest BCUT2D eigenvalue weighted by molar-refractivity contribution is 5.77. The Bertz CT molecular complexity index is 631. The molecule has 2 aliphatic rings. The molecule has 0 aromatic carbocycles. The molecule has 19 heavy (non-hydrogen) atoms. The summed E-state index contributed by atoms with van der Waals surface area (Å²) in [5.74, 6) is 0.509. The van der Waals surface area contributed by atoms with Crippen molar-refractivity contribution in [2.75, 3.05) is 0 Å². The smallest absolute Gasteiger partial charge is 0.328 e. The summed E-state index contributed by atoms with van der Waals surface area (Å²) < 4.78 is 1.57. The van der Waals surface area contributed by atoms with E-state index in [1.54, 1.807) is 17.7 Å². The fourth-order valence-corrected chi connectivity index (χ4v) is 3.28. The Balaban J connectivity index is 1.98. The van der Waals surface area contributed by atoms with E-state index in [-0.39, 0.29) is 29.2 Å². The van der Waals surface area contributed by atoms with Gasteiger partial charge in [0.25, 0.3) is 5.56 Å². The largest absolute Gasteiger partial charge is 0.351 e. The van der Waals surface area contributed by atoms with Gasteiger partial charge in [-0.3, -0.25) is 19.1 Å². The van der Waals surface area contributed by atoms with Crippen LogP contribution in [-0.2, 0) is 4.79 Å². The minimum Gasteiger partial charge on any atom is -0.351 e. The molecule has 6 nitrogen and oxygen atoms in total. The normalized spacial score (nSPS) is 29.9. The highest BCUT2D eigenvalue weighted by Gasteiger charge is 2.37. The number of aromatic nitrogens is 2. The topological polar surface area (TPSA) is 84.0 Å². The van der Waals surface area contributed by atoms with Crippen LogP contribution in [0.3, 0.4) is 0 Å². The van der Waals surface area contributed by atoms with Crippen molar-refractivity contribution in [1.82, 2.24) is 14.9 Å². The summed E-state index contributed by atoms with van der Waals surface area (Å²) in [6.45, 7) is 1.68. The molecule has 6 heteroatoms. The first-order chi connectivity index (χ1) is 9.04. The number of aromatic amines is 1. The summed E-state index contributed by atoms with van der Waals surface area (Å²) in [7, 11) is 0. The van der Waals surface area contributed by atoms with Gasteiger partial charge in [0.15, 0.2) is 0 Å². The van der Waals surface area contributed by atoms with Crippen molar-refractivity contribution in [3.05, 3.63) is 32.6 Å². The van der Waals surface area contributed by atoms with Gasteiger partial charge in [-0.25, -0.2) is 4.79 Å². The van der Waals surface area contributed by atoms with Crippen molar-refractivity contribution < 1.29 is 4.79 Å². The zero-order valence-corrected chi connectivity index (χ0v) is 10.8. The zero-order valence-electron chi connectivity index (χ0n) is 10.8. The molecule has 1 aromatic heterocycles. The Labute approximate surface area is 109 Å². The second-order valence-electron chi connectivity index (χ2n) is 5.60. The third-order valence-corrected chi connectivity index (χ3v) is 4.25. The molecule has 1 aliphatic heterocycles. The van der Waals surface area contributed by atoms with E-state index in [1.807, 2.05) is 0 Å². The molecule has 1 amide bonds. The lowest BCUT2D eigenvalue weighted by molar-refractivity contribution is -0.126. The number of carbonyl (C=O) groups excluding carboxylic acids is 1. The van der Waals surface area contributed by atoms with Crippen molar-refractivity contribution in [2.24, 2.45) is 5.92 Å². The Morgan fingerprint density at radius 1 is 1.26 bits per heavy atom. The number of piperidine rings is 1. The van der Waals surface area contributed by atoms with Gasteiger partial charge < -0.3 is 5.32 Å². The van der Waals surface area contributed by atoms with Crippen molar-refractivity contribution in [3.8, 4) is 0 Å². The molecule has 102 valence electrons. The van der Waals surface area contributed by atoms with Gasteiger partial charge in [-0.05, 0) is 32.1 Å².